The van der Waals surface area contributed by atoms with Crippen LogP contribution in [0.5, 0.6) is 5.75 Å². The van der Waals surface area contributed by atoms with Crippen molar-refractivity contribution in [1.82, 2.24) is 5.32 Å². The molecule has 1 amide bonds. The third-order valence-corrected chi connectivity index (χ3v) is 4.98. The summed E-state index contributed by atoms with van der Waals surface area (Å²) >= 11 is 1.06. The third-order valence-electron chi connectivity index (χ3n) is 2.55. The van der Waals surface area contributed by atoms with Crippen LogP contribution >= 0.6 is 11.3 Å². The van der Waals surface area contributed by atoms with E-state index in [1.807, 2.05) is 0 Å². The molecule has 0 unspecified atom stereocenters. The molecule has 8 heteroatoms. The van der Waals surface area contributed by atoms with Crippen molar-refractivity contribution in [1.29, 1.82) is 0 Å². The second-order valence-corrected chi connectivity index (χ2v) is 6.76. The second kappa shape index (κ2) is 6.15. The molecule has 1 heterocycles. The van der Waals surface area contributed by atoms with Gasteiger partial charge in [-0.25, -0.2) is 8.42 Å². The van der Waals surface area contributed by atoms with Crippen molar-refractivity contribution >= 4 is 33.0 Å². The van der Waals surface area contributed by atoms with Gasteiger partial charge in [0.05, 0.1) is 15.5 Å². The van der Waals surface area contributed by atoms with Crippen LogP contribution in [0.1, 0.15) is 16.6 Å². The summed E-state index contributed by atoms with van der Waals surface area (Å²) in [5.41, 5.74) is 0.251. The lowest BCUT2D eigenvalue weighted by atomic mass is 10.3. The van der Waals surface area contributed by atoms with Gasteiger partial charge in [-0.1, -0.05) is 6.07 Å². The van der Waals surface area contributed by atoms with Crippen LogP contribution in [0.3, 0.4) is 0 Å². The average Bonchev–Trinajstić information content (AvgIpc) is 2.89. The SMILES string of the molecule is CCNC(=O)c1cc(S(=O)(=O)Nc2cccc(O)c2)cs1. The lowest BCUT2D eigenvalue weighted by Crippen LogP contribution is -2.21. The van der Waals surface area contributed by atoms with Gasteiger partial charge in [-0.3, -0.25) is 9.52 Å². The first-order valence-corrected chi connectivity index (χ1v) is 8.47. The van der Waals surface area contributed by atoms with Crippen LogP contribution in [-0.4, -0.2) is 26.0 Å². The number of rotatable bonds is 5. The summed E-state index contributed by atoms with van der Waals surface area (Å²) in [7, 11) is -3.79. The number of phenols is 1. The first kappa shape index (κ1) is 15.3. The summed E-state index contributed by atoms with van der Waals surface area (Å²) < 4.78 is 26.7. The number of thiophene rings is 1. The number of carbonyl (C=O) groups excluding carboxylic acids is 1. The van der Waals surface area contributed by atoms with Crippen LogP contribution in [0.4, 0.5) is 5.69 Å². The molecule has 21 heavy (non-hydrogen) atoms. The molecular weight excluding hydrogens is 312 g/mol. The van der Waals surface area contributed by atoms with E-state index in [9.17, 15) is 18.3 Å². The van der Waals surface area contributed by atoms with E-state index in [4.69, 9.17) is 0 Å². The molecule has 0 bridgehead atoms. The zero-order valence-electron chi connectivity index (χ0n) is 11.2. The maximum absolute atomic E-state index is 12.2. The molecule has 0 aliphatic heterocycles. The van der Waals surface area contributed by atoms with E-state index < -0.39 is 10.0 Å². The van der Waals surface area contributed by atoms with Gasteiger partial charge in [0.2, 0.25) is 0 Å². The number of phenolic OH excluding ortho intramolecular Hbond substituents is 1. The standard InChI is InChI=1S/C13H14N2O4S2/c1-2-14-13(17)12-7-11(8-20-12)21(18,19)15-9-4-3-5-10(16)6-9/h3-8,15-16H,2H2,1H3,(H,14,17). The van der Waals surface area contributed by atoms with Gasteiger partial charge >= 0.3 is 0 Å². The zero-order valence-corrected chi connectivity index (χ0v) is 12.8. The largest absolute Gasteiger partial charge is 0.508 e. The maximum atomic E-state index is 12.2. The van der Waals surface area contributed by atoms with Crippen molar-refractivity contribution in [2.24, 2.45) is 0 Å². The molecule has 112 valence electrons. The Hall–Kier alpha value is -2.06. The van der Waals surface area contributed by atoms with Gasteiger partial charge in [0.15, 0.2) is 0 Å². The Morgan fingerprint density at radius 3 is 2.76 bits per heavy atom. The summed E-state index contributed by atoms with van der Waals surface area (Å²) in [6.45, 7) is 2.26. The van der Waals surface area contributed by atoms with E-state index >= 15 is 0 Å². The highest BCUT2D eigenvalue weighted by atomic mass is 32.2. The monoisotopic (exact) mass is 326 g/mol. The summed E-state index contributed by atoms with van der Waals surface area (Å²) in [6.07, 6.45) is 0. The molecular formula is C13H14N2O4S2. The Balaban J connectivity index is 2.22. The number of aromatic hydroxyl groups is 1. The quantitative estimate of drug-likeness (QED) is 0.783. The molecule has 0 saturated carbocycles. The van der Waals surface area contributed by atoms with Gasteiger partial charge in [0, 0.05) is 18.0 Å². The molecule has 2 aromatic rings. The van der Waals surface area contributed by atoms with Crippen LogP contribution in [-0.2, 0) is 10.0 Å². The van der Waals surface area contributed by atoms with E-state index in [-0.39, 0.29) is 22.2 Å². The van der Waals surface area contributed by atoms with Gasteiger partial charge in [0.25, 0.3) is 15.9 Å². The maximum Gasteiger partial charge on any atom is 0.262 e. The van der Waals surface area contributed by atoms with Crippen LogP contribution < -0.4 is 10.0 Å². The number of sulfonamides is 1. The van der Waals surface area contributed by atoms with Crippen molar-refractivity contribution in [3.8, 4) is 5.75 Å². The van der Waals surface area contributed by atoms with Crippen LogP contribution in [0.25, 0.3) is 0 Å². The smallest absolute Gasteiger partial charge is 0.262 e. The number of anilines is 1. The molecule has 0 saturated heterocycles. The topological polar surface area (TPSA) is 95.5 Å². The minimum Gasteiger partial charge on any atom is -0.508 e. The Kier molecular flexibility index (Phi) is 4.49. The van der Waals surface area contributed by atoms with Crippen molar-refractivity contribution in [3.63, 3.8) is 0 Å². The molecule has 6 nitrogen and oxygen atoms in total. The van der Waals surface area contributed by atoms with Gasteiger partial charge in [0.1, 0.15) is 5.75 Å². The first-order valence-electron chi connectivity index (χ1n) is 6.11. The molecule has 0 spiro atoms. The molecule has 0 fully saturated rings. The summed E-state index contributed by atoms with van der Waals surface area (Å²) in [6, 6.07) is 7.11. The predicted molar refractivity (Wildman–Crippen MR) is 81.2 cm³/mol. The number of benzene rings is 1. The van der Waals surface area contributed by atoms with Crippen LogP contribution in [0, 0.1) is 0 Å². The molecule has 0 aliphatic rings. The van der Waals surface area contributed by atoms with Gasteiger partial charge < -0.3 is 10.4 Å². The fourth-order valence-electron chi connectivity index (χ4n) is 1.61. The lowest BCUT2D eigenvalue weighted by Gasteiger charge is -2.06. The average molecular weight is 326 g/mol. The molecule has 2 rings (SSSR count). The molecule has 1 aromatic heterocycles. The highest BCUT2D eigenvalue weighted by Crippen LogP contribution is 2.23. The van der Waals surface area contributed by atoms with Gasteiger partial charge in [-0.2, -0.15) is 0 Å². The number of carbonyl (C=O) groups is 1. The second-order valence-electron chi connectivity index (χ2n) is 4.16. The Bertz CT molecular complexity index is 753. The third kappa shape index (κ3) is 3.73. The minimum atomic E-state index is -3.79. The summed E-state index contributed by atoms with van der Waals surface area (Å²) in [4.78, 5) is 12.0. The van der Waals surface area contributed by atoms with Gasteiger partial charge in [-0.05, 0) is 25.1 Å². The fraction of sp³-hybridized carbons (Fsp3) is 0.154. The Labute approximate surface area is 126 Å². The number of hydrogen-bond acceptors (Lipinski definition) is 5. The first-order chi connectivity index (χ1) is 9.92. The normalized spacial score (nSPS) is 11.1. The minimum absolute atomic E-state index is 0.0112. The molecule has 1 aromatic carbocycles. The fourth-order valence-corrected chi connectivity index (χ4v) is 3.85. The van der Waals surface area contributed by atoms with Crippen LogP contribution in [0.15, 0.2) is 40.6 Å². The van der Waals surface area contributed by atoms with Gasteiger partial charge in [-0.15, -0.1) is 11.3 Å². The molecule has 0 aliphatic carbocycles. The molecule has 3 N–H and O–H groups in total. The van der Waals surface area contributed by atoms with E-state index in [1.54, 1.807) is 6.92 Å². The van der Waals surface area contributed by atoms with Crippen molar-refractivity contribution in [2.45, 2.75) is 11.8 Å². The highest BCUT2D eigenvalue weighted by molar-refractivity contribution is 7.92. The highest BCUT2D eigenvalue weighted by Gasteiger charge is 2.18. The lowest BCUT2D eigenvalue weighted by molar-refractivity contribution is 0.0959. The summed E-state index contributed by atoms with van der Waals surface area (Å²) in [5, 5.41) is 13.3. The van der Waals surface area contributed by atoms with Crippen molar-refractivity contribution in [2.75, 3.05) is 11.3 Å². The van der Waals surface area contributed by atoms with E-state index in [1.165, 1.54) is 35.7 Å². The molecule has 0 radical (unpaired) electrons. The Morgan fingerprint density at radius 1 is 1.33 bits per heavy atom. The number of amides is 1. The van der Waals surface area contributed by atoms with Crippen molar-refractivity contribution in [3.05, 3.63) is 40.6 Å². The Morgan fingerprint density at radius 2 is 2.10 bits per heavy atom. The van der Waals surface area contributed by atoms with E-state index in [0.717, 1.165) is 11.3 Å². The number of hydrogen-bond donors (Lipinski definition) is 3. The van der Waals surface area contributed by atoms with E-state index in [0.29, 0.717) is 11.4 Å². The number of nitrogens with one attached hydrogen (secondary N) is 2. The zero-order chi connectivity index (χ0) is 15.5. The van der Waals surface area contributed by atoms with Crippen molar-refractivity contribution < 1.29 is 18.3 Å². The van der Waals surface area contributed by atoms with E-state index in [2.05, 4.69) is 10.0 Å². The molecule has 0 atom stereocenters. The predicted octanol–water partition coefficient (Wildman–Crippen LogP) is 2.00. The summed E-state index contributed by atoms with van der Waals surface area (Å²) in [5.74, 6) is -0.343. The van der Waals surface area contributed by atoms with Crippen LogP contribution in [0.2, 0.25) is 0 Å².